The van der Waals surface area contributed by atoms with E-state index in [1.165, 1.54) is 6.07 Å². The maximum absolute atomic E-state index is 12.2. The molecular weight excluding hydrogens is 278 g/mol. The van der Waals surface area contributed by atoms with E-state index in [1.807, 2.05) is 0 Å². The summed E-state index contributed by atoms with van der Waals surface area (Å²) in [4.78, 5) is 23.0. The number of alkyl halides is 1. The second kappa shape index (κ2) is 7.62. The minimum atomic E-state index is -0.777. The van der Waals surface area contributed by atoms with E-state index in [4.69, 9.17) is 0 Å². The number of rotatable bonds is 4. The monoisotopic (exact) mass is 290 g/mol. The van der Waals surface area contributed by atoms with Crippen LogP contribution in [0.25, 0.3) is 0 Å². The number of aryl methyl sites for hydroxylation is 1. The van der Waals surface area contributed by atoms with Crippen molar-refractivity contribution in [3.05, 3.63) is 28.2 Å². The Bertz CT molecular complexity index is 533. The van der Waals surface area contributed by atoms with Crippen LogP contribution in [0.5, 0.6) is 0 Å². The van der Waals surface area contributed by atoms with Crippen LogP contribution >= 0.6 is 11.8 Å². The Morgan fingerprint density at radius 3 is 2.89 bits per heavy atom. The number of carbonyl (C=O) groups excluding carboxylic acids is 1. The molecule has 104 valence electrons. The molecule has 0 saturated heterocycles. The summed E-state index contributed by atoms with van der Waals surface area (Å²) in [5, 5.41) is 8.09. The molecule has 19 heavy (non-hydrogen) atoms. The maximum atomic E-state index is 12.2. The standard InChI is InChI=1S/C10H12F2N4O2S/c1-2-19-10(14-12)13-9(18)7-3-4-8(17)16(15-7)6-5-11/h3-4H,2,5-6H2,1H3,(H,13,14,18). The van der Waals surface area contributed by atoms with Gasteiger partial charge in [0.1, 0.15) is 12.4 Å². The number of nitrogens with zero attached hydrogens (tertiary/aromatic N) is 3. The number of amides is 1. The van der Waals surface area contributed by atoms with Crippen molar-refractivity contribution in [3.8, 4) is 0 Å². The van der Waals surface area contributed by atoms with Crippen LogP contribution in [0.4, 0.5) is 8.87 Å². The van der Waals surface area contributed by atoms with Gasteiger partial charge < -0.3 is 0 Å². The minimum absolute atomic E-state index is 0.120. The molecule has 0 aliphatic heterocycles. The van der Waals surface area contributed by atoms with E-state index < -0.39 is 18.1 Å². The zero-order valence-electron chi connectivity index (χ0n) is 10.1. The number of amidine groups is 1. The molecule has 0 aromatic carbocycles. The van der Waals surface area contributed by atoms with E-state index in [2.05, 4.69) is 15.6 Å². The Morgan fingerprint density at radius 2 is 2.32 bits per heavy atom. The van der Waals surface area contributed by atoms with E-state index in [0.29, 0.717) is 5.75 Å². The molecule has 0 unspecified atom stereocenters. The number of halogens is 2. The van der Waals surface area contributed by atoms with Gasteiger partial charge in [-0.15, -0.1) is 0 Å². The zero-order chi connectivity index (χ0) is 14.3. The molecule has 0 spiro atoms. The Morgan fingerprint density at radius 1 is 1.58 bits per heavy atom. The van der Waals surface area contributed by atoms with Crippen molar-refractivity contribution < 1.29 is 13.7 Å². The number of hydrogen-bond acceptors (Lipinski definition) is 5. The molecule has 6 nitrogen and oxygen atoms in total. The summed E-state index contributed by atoms with van der Waals surface area (Å²) < 4.78 is 25.2. The summed E-state index contributed by atoms with van der Waals surface area (Å²) >= 11 is 1.00. The summed E-state index contributed by atoms with van der Waals surface area (Å²) in [6.45, 7) is 0.746. The van der Waals surface area contributed by atoms with Gasteiger partial charge in [-0.25, -0.2) is 9.07 Å². The molecule has 9 heteroatoms. The van der Waals surface area contributed by atoms with E-state index in [9.17, 15) is 18.5 Å². The lowest BCUT2D eigenvalue weighted by molar-refractivity contribution is 0.0969. The SMILES string of the molecule is CCSC(=NF)NC(=O)c1ccc(=O)n(CCF)n1. The van der Waals surface area contributed by atoms with Crippen LogP contribution in [-0.4, -0.2) is 33.3 Å². The second-order valence-corrected chi connectivity index (χ2v) is 4.50. The molecule has 1 aromatic heterocycles. The number of aromatic nitrogens is 2. The first-order valence-electron chi connectivity index (χ1n) is 5.39. The number of thioether (sulfide) groups is 1. The molecule has 1 heterocycles. The smallest absolute Gasteiger partial charge is 0.277 e. The highest BCUT2D eigenvalue weighted by molar-refractivity contribution is 8.13. The predicted octanol–water partition coefficient (Wildman–Crippen LogP) is 0.936. The lowest BCUT2D eigenvalue weighted by Gasteiger charge is -2.06. The van der Waals surface area contributed by atoms with Crippen LogP contribution in [0, 0.1) is 0 Å². The molecular formula is C10H12F2N4O2S. The van der Waals surface area contributed by atoms with Crippen molar-refractivity contribution in [3.63, 3.8) is 0 Å². The molecule has 1 rings (SSSR count). The first-order chi connectivity index (χ1) is 9.12. The summed E-state index contributed by atoms with van der Waals surface area (Å²) in [6.07, 6.45) is 0. The van der Waals surface area contributed by atoms with Crippen molar-refractivity contribution in [2.75, 3.05) is 12.4 Å². The first-order valence-corrected chi connectivity index (χ1v) is 6.38. The van der Waals surface area contributed by atoms with E-state index in [-0.39, 0.29) is 17.4 Å². The van der Waals surface area contributed by atoms with Crippen LogP contribution in [0.1, 0.15) is 17.4 Å². The van der Waals surface area contributed by atoms with Crippen LogP contribution in [0.3, 0.4) is 0 Å². The van der Waals surface area contributed by atoms with Crippen molar-refractivity contribution in [1.82, 2.24) is 15.1 Å². The summed E-state index contributed by atoms with van der Waals surface area (Å²) in [5.74, 6) is -0.192. The molecule has 1 N–H and O–H groups in total. The number of nitrogens with one attached hydrogen (secondary N) is 1. The number of hydrogen-bond donors (Lipinski definition) is 1. The minimum Gasteiger partial charge on any atom is -0.298 e. The third-order valence-electron chi connectivity index (χ3n) is 1.97. The molecule has 0 fully saturated rings. The normalized spacial score (nSPS) is 11.4. The third-order valence-corrected chi connectivity index (χ3v) is 2.71. The van der Waals surface area contributed by atoms with E-state index >= 15 is 0 Å². The van der Waals surface area contributed by atoms with Gasteiger partial charge in [-0.3, -0.25) is 14.9 Å². The van der Waals surface area contributed by atoms with E-state index in [0.717, 1.165) is 22.5 Å². The van der Waals surface area contributed by atoms with Gasteiger partial charge >= 0.3 is 0 Å². The van der Waals surface area contributed by atoms with Crippen LogP contribution < -0.4 is 10.9 Å². The highest BCUT2D eigenvalue weighted by atomic mass is 32.2. The van der Waals surface area contributed by atoms with Gasteiger partial charge in [0.2, 0.25) is 5.17 Å². The highest BCUT2D eigenvalue weighted by Crippen LogP contribution is 2.02. The third kappa shape index (κ3) is 4.43. The molecule has 0 radical (unpaired) electrons. The van der Waals surface area contributed by atoms with Gasteiger partial charge in [0.25, 0.3) is 11.5 Å². The fourth-order valence-corrected chi connectivity index (χ4v) is 1.68. The summed E-state index contributed by atoms with van der Waals surface area (Å²) in [7, 11) is 0. The fraction of sp³-hybridized carbons (Fsp3) is 0.400. The second-order valence-electron chi connectivity index (χ2n) is 3.25. The molecule has 0 aliphatic rings. The van der Waals surface area contributed by atoms with Crippen molar-refractivity contribution in [2.24, 2.45) is 5.21 Å². The van der Waals surface area contributed by atoms with Crippen LogP contribution in [0.15, 0.2) is 22.1 Å². The molecule has 0 bridgehead atoms. The predicted molar refractivity (Wildman–Crippen MR) is 68.6 cm³/mol. The van der Waals surface area contributed by atoms with Crippen molar-refractivity contribution >= 4 is 22.8 Å². The Balaban J connectivity index is 2.88. The maximum Gasteiger partial charge on any atom is 0.277 e. The van der Waals surface area contributed by atoms with Gasteiger partial charge in [-0.2, -0.15) is 5.10 Å². The summed E-state index contributed by atoms with van der Waals surface area (Å²) in [5.41, 5.74) is -0.637. The van der Waals surface area contributed by atoms with Gasteiger partial charge in [-0.05, 0) is 11.8 Å². The van der Waals surface area contributed by atoms with Gasteiger partial charge in [0, 0.05) is 6.07 Å². The first kappa shape index (κ1) is 15.3. The lowest BCUT2D eigenvalue weighted by atomic mass is 10.3. The van der Waals surface area contributed by atoms with Crippen LogP contribution in [-0.2, 0) is 6.54 Å². The molecule has 0 atom stereocenters. The lowest BCUT2D eigenvalue weighted by Crippen LogP contribution is -2.32. The van der Waals surface area contributed by atoms with Gasteiger partial charge in [0.05, 0.1) is 6.54 Å². The van der Waals surface area contributed by atoms with Gasteiger partial charge in [0.15, 0.2) is 0 Å². The topological polar surface area (TPSA) is 76.3 Å². The Kier molecular flexibility index (Phi) is 6.13. The summed E-state index contributed by atoms with van der Waals surface area (Å²) in [6, 6.07) is 2.27. The molecule has 0 aliphatic carbocycles. The fourth-order valence-electron chi connectivity index (χ4n) is 1.19. The highest BCUT2D eigenvalue weighted by Gasteiger charge is 2.12. The van der Waals surface area contributed by atoms with Crippen molar-refractivity contribution in [2.45, 2.75) is 13.5 Å². The number of carbonyl (C=O) groups is 1. The van der Waals surface area contributed by atoms with E-state index in [1.54, 1.807) is 6.92 Å². The Labute approximate surface area is 111 Å². The average molecular weight is 290 g/mol. The Hall–Kier alpha value is -1.77. The largest absolute Gasteiger partial charge is 0.298 e. The molecule has 1 aromatic rings. The van der Waals surface area contributed by atoms with Crippen LogP contribution in [0.2, 0.25) is 0 Å². The molecule has 0 saturated carbocycles. The molecule has 1 amide bonds. The average Bonchev–Trinajstić information content (AvgIpc) is 2.40. The van der Waals surface area contributed by atoms with Gasteiger partial charge in [-0.1, -0.05) is 28.4 Å². The zero-order valence-corrected chi connectivity index (χ0v) is 10.9. The quantitative estimate of drug-likeness (QED) is 0.661. The van der Waals surface area contributed by atoms with Crippen molar-refractivity contribution in [1.29, 1.82) is 0 Å².